The molecule has 1 aromatic rings. The molecule has 0 spiro atoms. The van der Waals surface area contributed by atoms with Crippen molar-refractivity contribution in [3.05, 3.63) is 35.4 Å². The lowest BCUT2D eigenvalue weighted by molar-refractivity contribution is 0.0804. The number of fused-ring (bicyclic) bond motifs is 1. The molecule has 1 aliphatic heterocycles. The molecule has 0 radical (unpaired) electrons. The maximum Gasteiger partial charge on any atom is 0.0455 e. The highest BCUT2D eigenvalue weighted by Crippen LogP contribution is 2.32. The van der Waals surface area contributed by atoms with Gasteiger partial charge in [-0.3, -0.25) is 4.90 Å². The van der Waals surface area contributed by atoms with Crippen LogP contribution < -0.4 is 5.73 Å². The molecule has 2 N–H and O–H groups in total. The topological polar surface area (TPSA) is 32.5 Å². The van der Waals surface area contributed by atoms with Crippen molar-refractivity contribution < 1.29 is 0 Å². The Labute approximate surface area is 129 Å². The number of aryl methyl sites for hydroxylation is 1. The van der Waals surface area contributed by atoms with Crippen molar-refractivity contribution >= 4 is 0 Å². The largest absolute Gasteiger partial charge is 0.323 e. The van der Waals surface area contributed by atoms with Crippen LogP contribution in [0.1, 0.15) is 42.9 Å². The van der Waals surface area contributed by atoms with Gasteiger partial charge in [0.1, 0.15) is 0 Å². The molecule has 3 nitrogen and oxygen atoms in total. The van der Waals surface area contributed by atoms with E-state index in [9.17, 15) is 0 Å². The van der Waals surface area contributed by atoms with Gasteiger partial charge in [-0.25, -0.2) is 0 Å². The van der Waals surface area contributed by atoms with E-state index >= 15 is 0 Å². The fourth-order valence-electron chi connectivity index (χ4n) is 4.09. The number of rotatable bonds is 2. The van der Waals surface area contributed by atoms with Crippen LogP contribution in [0.15, 0.2) is 24.3 Å². The summed E-state index contributed by atoms with van der Waals surface area (Å²) in [6, 6.07) is 10.2. The minimum absolute atomic E-state index is 0.171. The van der Waals surface area contributed by atoms with Gasteiger partial charge in [0.2, 0.25) is 0 Å². The summed E-state index contributed by atoms with van der Waals surface area (Å²) in [5.41, 5.74) is 9.54. The van der Waals surface area contributed by atoms with Crippen molar-refractivity contribution in [2.45, 2.75) is 50.2 Å². The third kappa shape index (κ3) is 3.15. The zero-order chi connectivity index (χ0) is 14.8. The van der Waals surface area contributed by atoms with Crippen molar-refractivity contribution in [1.82, 2.24) is 9.80 Å². The molecule has 0 saturated carbocycles. The highest BCUT2D eigenvalue weighted by atomic mass is 15.2. The fourth-order valence-corrected chi connectivity index (χ4v) is 4.09. The Hall–Kier alpha value is -0.900. The van der Waals surface area contributed by atoms with Crippen molar-refractivity contribution in [3.63, 3.8) is 0 Å². The smallest absolute Gasteiger partial charge is 0.0455 e. The number of piperidine rings is 1. The van der Waals surface area contributed by atoms with Crippen LogP contribution in [0, 0.1) is 0 Å². The lowest BCUT2D eigenvalue weighted by atomic mass is 9.93. The molecule has 1 aliphatic carbocycles. The Morgan fingerprint density at radius 2 is 1.95 bits per heavy atom. The van der Waals surface area contributed by atoms with Gasteiger partial charge in [0.05, 0.1) is 0 Å². The Morgan fingerprint density at radius 3 is 2.76 bits per heavy atom. The Balaban J connectivity index is 1.79. The van der Waals surface area contributed by atoms with E-state index < -0.39 is 0 Å². The molecule has 3 atom stereocenters. The van der Waals surface area contributed by atoms with E-state index in [-0.39, 0.29) is 6.04 Å². The van der Waals surface area contributed by atoms with Crippen LogP contribution in [0.2, 0.25) is 0 Å². The maximum absolute atomic E-state index is 6.69. The molecule has 3 heteroatoms. The molecule has 3 rings (SSSR count). The summed E-state index contributed by atoms with van der Waals surface area (Å²) in [6.45, 7) is 2.39. The van der Waals surface area contributed by atoms with E-state index in [1.165, 1.54) is 56.3 Å². The molecular formula is C18H29N3. The van der Waals surface area contributed by atoms with Gasteiger partial charge >= 0.3 is 0 Å². The third-order valence-corrected chi connectivity index (χ3v) is 5.40. The van der Waals surface area contributed by atoms with Crippen molar-refractivity contribution in [1.29, 1.82) is 0 Å². The number of nitrogens with two attached hydrogens (primary N) is 1. The Kier molecular flexibility index (Phi) is 4.63. The summed E-state index contributed by atoms with van der Waals surface area (Å²) in [6.07, 6.45) is 6.30. The second kappa shape index (κ2) is 6.47. The van der Waals surface area contributed by atoms with Gasteiger partial charge in [-0.1, -0.05) is 24.3 Å². The lowest BCUT2D eigenvalue weighted by Gasteiger charge is -2.42. The summed E-state index contributed by atoms with van der Waals surface area (Å²) in [5, 5.41) is 0. The maximum atomic E-state index is 6.69. The molecule has 21 heavy (non-hydrogen) atoms. The number of likely N-dealkylation sites (tertiary alicyclic amines) is 1. The normalized spacial score (nSPS) is 31.0. The zero-order valence-corrected chi connectivity index (χ0v) is 13.5. The standard InChI is InChI=1S/C18H29N3/c1-20(2)15-9-6-12-21(13-15)17-11-5-8-14-7-3-4-10-16(14)18(17)19/h3-4,7,10,15,17-18H,5-6,8-9,11-13,19H2,1-2H3. The lowest BCUT2D eigenvalue weighted by Crippen LogP contribution is -2.52. The van der Waals surface area contributed by atoms with Crippen molar-refractivity contribution in [2.75, 3.05) is 27.2 Å². The van der Waals surface area contributed by atoms with Gasteiger partial charge in [-0.15, -0.1) is 0 Å². The predicted molar refractivity (Wildman–Crippen MR) is 88.4 cm³/mol. The summed E-state index contributed by atoms with van der Waals surface area (Å²) >= 11 is 0. The average molecular weight is 287 g/mol. The van der Waals surface area contributed by atoms with Crippen LogP contribution in [0.4, 0.5) is 0 Å². The van der Waals surface area contributed by atoms with E-state index in [0.29, 0.717) is 12.1 Å². The molecule has 116 valence electrons. The molecule has 0 bridgehead atoms. The molecule has 1 aromatic carbocycles. The molecular weight excluding hydrogens is 258 g/mol. The zero-order valence-electron chi connectivity index (χ0n) is 13.5. The Morgan fingerprint density at radius 1 is 1.14 bits per heavy atom. The van der Waals surface area contributed by atoms with Gasteiger partial charge in [-0.2, -0.15) is 0 Å². The van der Waals surface area contributed by atoms with Crippen LogP contribution in [0.5, 0.6) is 0 Å². The van der Waals surface area contributed by atoms with Gasteiger partial charge < -0.3 is 10.6 Å². The van der Waals surface area contributed by atoms with E-state index in [1.54, 1.807) is 0 Å². The van der Waals surface area contributed by atoms with Crippen LogP contribution in [0.3, 0.4) is 0 Å². The summed E-state index contributed by atoms with van der Waals surface area (Å²) < 4.78 is 0. The van der Waals surface area contributed by atoms with Gasteiger partial charge in [0, 0.05) is 24.7 Å². The van der Waals surface area contributed by atoms with Crippen LogP contribution in [0.25, 0.3) is 0 Å². The highest BCUT2D eigenvalue weighted by Gasteiger charge is 2.32. The molecule has 0 amide bonds. The van der Waals surface area contributed by atoms with Gasteiger partial charge in [0.15, 0.2) is 0 Å². The predicted octanol–water partition coefficient (Wildman–Crippen LogP) is 2.42. The fraction of sp³-hybridized carbons (Fsp3) is 0.667. The van der Waals surface area contributed by atoms with Gasteiger partial charge in [-0.05, 0) is 63.9 Å². The number of nitrogens with zero attached hydrogens (tertiary/aromatic N) is 2. The highest BCUT2D eigenvalue weighted by molar-refractivity contribution is 5.32. The second-order valence-electron chi connectivity index (χ2n) is 6.94. The van der Waals surface area contributed by atoms with E-state index in [4.69, 9.17) is 5.73 Å². The number of benzene rings is 1. The number of hydrogen-bond acceptors (Lipinski definition) is 3. The van der Waals surface area contributed by atoms with Gasteiger partial charge in [0.25, 0.3) is 0 Å². The first-order valence-corrected chi connectivity index (χ1v) is 8.40. The first-order chi connectivity index (χ1) is 10.2. The SMILES string of the molecule is CN(C)C1CCCN(C2CCCc3ccccc3C2N)C1. The first-order valence-electron chi connectivity index (χ1n) is 8.40. The van der Waals surface area contributed by atoms with E-state index in [1.807, 2.05) is 0 Å². The second-order valence-corrected chi connectivity index (χ2v) is 6.94. The first kappa shape index (κ1) is 15.0. The van der Waals surface area contributed by atoms with E-state index in [2.05, 4.69) is 48.2 Å². The summed E-state index contributed by atoms with van der Waals surface area (Å²) in [7, 11) is 4.41. The minimum Gasteiger partial charge on any atom is -0.323 e. The van der Waals surface area contributed by atoms with Crippen LogP contribution in [-0.4, -0.2) is 49.1 Å². The van der Waals surface area contributed by atoms with Crippen molar-refractivity contribution in [2.24, 2.45) is 5.73 Å². The molecule has 1 heterocycles. The molecule has 1 fully saturated rings. The summed E-state index contributed by atoms with van der Waals surface area (Å²) in [4.78, 5) is 5.04. The van der Waals surface area contributed by atoms with Crippen LogP contribution >= 0.6 is 0 Å². The third-order valence-electron chi connectivity index (χ3n) is 5.40. The number of hydrogen-bond donors (Lipinski definition) is 1. The van der Waals surface area contributed by atoms with E-state index in [0.717, 1.165) is 0 Å². The van der Waals surface area contributed by atoms with Crippen molar-refractivity contribution in [3.8, 4) is 0 Å². The average Bonchev–Trinajstić information content (AvgIpc) is 2.67. The quantitative estimate of drug-likeness (QED) is 0.848. The number of likely N-dealkylation sites (N-methyl/N-ethyl adjacent to an activating group) is 1. The summed E-state index contributed by atoms with van der Waals surface area (Å²) in [5.74, 6) is 0. The monoisotopic (exact) mass is 287 g/mol. The molecule has 0 aromatic heterocycles. The van der Waals surface area contributed by atoms with Crippen LogP contribution in [-0.2, 0) is 6.42 Å². The minimum atomic E-state index is 0.171. The molecule has 1 saturated heterocycles. The Bertz CT molecular complexity index is 471. The molecule has 2 aliphatic rings. The molecule has 3 unspecified atom stereocenters.